The van der Waals surface area contributed by atoms with E-state index >= 15 is 0 Å². The maximum atomic E-state index is 12.3. The van der Waals surface area contributed by atoms with Gasteiger partial charge in [0.2, 0.25) is 0 Å². The number of hydrogen-bond donors (Lipinski definition) is 2. The van der Waals surface area contributed by atoms with E-state index < -0.39 is 5.97 Å². The Kier molecular flexibility index (Phi) is 5.61. The fourth-order valence-corrected chi connectivity index (χ4v) is 3.21. The molecule has 1 aliphatic rings. The lowest BCUT2D eigenvalue weighted by molar-refractivity contribution is -0.115. The number of ether oxygens (including phenoxy) is 1. The van der Waals surface area contributed by atoms with E-state index in [1.807, 2.05) is 38.1 Å². The third-order valence-corrected chi connectivity index (χ3v) is 4.47. The summed E-state index contributed by atoms with van der Waals surface area (Å²) in [5.74, 6) is -0.520. The van der Waals surface area contributed by atoms with Gasteiger partial charge < -0.3 is 15.2 Å². The van der Waals surface area contributed by atoms with Gasteiger partial charge in [-0.3, -0.25) is 4.79 Å². The van der Waals surface area contributed by atoms with Crippen LogP contribution in [0.5, 0.6) is 5.75 Å². The fraction of sp³-hybridized carbons (Fsp3) is 0.150. The Hall–Kier alpha value is -3.06. The quantitative estimate of drug-likeness (QED) is 0.761. The predicted octanol–water partition coefficient (Wildman–Crippen LogP) is 4.06. The molecular formula is C20H18N2O4S. The summed E-state index contributed by atoms with van der Waals surface area (Å²) in [5, 5.41) is 12.1. The molecule has 0 saturated carbocycles. The minimum Gasteiger partial charge on any atom is -0.490 e. The number of nitrogens with one attached hydrogen (secondary N) is 1. The van der Waals surface area contributed by atoms with Gasteiger partial charge in [0.1, 0.15) is 5.75 Å². The normalized spacial score (nSPS) is 16.8. The monoisotopic (exact) mass is 382 g/mol. The van der Waals surface area contributed by atoms with E-state index in [1.165, 1.54) is 23.9 Å². The van der Waals surface area contributed by atoms with Crippen LogP contribution in [0.2, 0.25) is 0 Å². The molecule has 6 nitrogen and oxygen atoms in total. The number of carboxylic acid groups (broad SMARTS) is 1. The molecule has 1 heterocycles. The molecule has 0 aromatic heterocycles. The number of carboxylic acids is 1. The highest BCUT2D eigenvalue weighted by Gasteiger charge is 2.24. The second-order valence-corrected chi connectivity index (χ2v) is 7.07. The van der Waals surface area contributed by atoms with Crippen molar-refractivity contribution in [2.45, 2.75) is 20.0 Å². The first-order valence-corrected chi connectivity index (χ1v) is 9.12. The van der Waals surface area contributed by atoms with Crippen LogP contribution in [0.3, 0.4) is 0 Å². The number of amidine groups is 1. The topological polar surface area (TPSA) is 88.0 Å². The van der Waals surface area contributed by atoms with Gasteiger partial charge in [-0.1, -0.05) is 18.2 Å². The third-order valence-electron chi connectivity index (χ3n) is 3.56. The van der Waals surface area contributed by atoms with Crippen molar-refractivity contribution in [3.63, 3.8) is 0 Å². The van der Waals surface area contributed by atoms with E-state index in [0.29, 0.717) is 21.5 Å². The Morgan fingerprint density at radius 3 is 2.56 bits per heavy atom. The molecule has 1 fully saturated rings. The van der Waals surface area contributed by atoms with E-state index in [-0.39, 0.29) is 17.6 Å². The number of aromatic carboxylic acids is 1. The molecule has 138 valence electrons. The third kappa shape index (κ3) is 4.77. The van der Waals surface area contributed by atoms with Crippen molar-refractivity contribution < 1.29 is 19.4 Å². The van der Waals surface area contributed by atoms with Crippen molar-refractivity contribution in [1.29, 1.82) is 0 Å². The lowest BCUT2D eigenvalue weighted by Crippen LogP contribution is -2.19. The van der Waals surface area contributed by atoms with Crippen molar-refractivity contribution >= 4 is 40.6 Å². The van der Waals surface area contributed by atoms with Gasteiger partial charge in [-0.15, -0.1) is 0 Å². The summed E-state index contributed by atoms with van der Waals surface area (Å²) in [5.41, 5.74) is 1.56. The van der Waals surface area contributed by atoms with E-state index in [1.54, 1.807) is 18.2 Å². The molecule has 2 N–H and O–H groups in total. The van der Waals surface area contributed by atoms with Crippen molar-refractivity contribution in [3.05, 3.63) is 64.6 Å². The molecule has 0 atom stereocenters. The Morgan fingerprint density at radius 2 is 1.89 bits per heavy atom. The number of thioether (sulfide) groups is 1. The van der Waals surface area contributed by atoms with Crippen LogP contribution in [0.4, 0.5) is 5.69 Å². The lowest BCUT2D eigenvalue weighted by Gasteiger charge is -2.12. The Morgan fingerprint density at radius 1 is 1.19 bits per heavy atom. The first-order chi connectivity index (χ1) is 12.9. The molecule has 2 aromatic carbocycles. The van der Waals surface area contributed by atoms with E-state index in [9.17, 15) is 9.59 Å². The van der Waals surface area contributed by atoms with Crippen LogP contribution in [0, 0.1) is 0 Å². The van der Waals surface area contributed by atoms with Crippen molar-refractivity contribution in [2.75, 3.05) is 0 Å². The number of benzene rings is 2. The van der Waals surface area contributed by atoms with Gasteiger partial charge in [0.05, 0.1) is 22.3 Å². The average molecular weight is 382 g/mol. The highest BCUT2D eigenvalue weighted by molar-refractivity contribution is 8.18. The minimum absolute atomic E-state index is 0.0282. The van der Waals surface area contributed by atoms with Gasteiger partial charge in [0.15, 0.2) is 5.17 Å². The zero-order valence-corrected chi connectivity index (χ0v) is 15.6. The van der Waals surface area contributed by atoms with Crippen LogP contribution in [0.1, 0.15) is 29.8 Å². The van der Waals surface area contributed by atoms with Gasteiger partial charge in [-0.25, -0.2) is 9.79 Å². The van der Waals surface area contributed by atoms with E-state index in [0.717, 1.165) is 5.56 Å². The van der Waals surface area contributed by atoms with Gasteiger partial charge in [0, 0.05) is 5.56 Å². The average Bonchev–Trinajstić information content (AvgIpc) is 2.96. The minimum atomic E-state index is -0.995. The number of rotatable bonds is 5. The van der Waals surface area contributed by atoms with Crippen molar-refractivity contribution in [3.8, 4) is 5.75 Å². The summed E-state index contributed by atoms with van der Waals surface area (Å²) in [4.78, 5) is 28.0. The summed E-state index contributed by atoms with van der Waals surface area (Å²) >= 11 is 1.23. The van der Waals surface area contributed by atoms with Crippen molar-refractivity contribution in [2.24, 2.45) is 4.99 Å². The van der Waals surface area contributed by atoms with Gasteiger partial charge in [-0.05, 0) is 62.0 Å². The first kappa shape index (κ1) is 18.7. The van der Waals surface area contributed by atoms with E-state index in [2.05, 4.69) is 10.3 Å². The molecule has 0 spiro atoms. The number of para-hydroxylation sites is 1. The summed E-state index contributed by atoms with van der Waals surface area (Å²) in [6.07, 6.45) is 1.80. The summed E-state index contributed by atoms with van der Waals surface area (Å²) < 4.78 is 5.78. The number of aliphatic imine (C=N–C) groups is 1. The molecular weight excluding hydrogens is 364 g/mol. The Labute approximate surface area is 161 Å². The number of carbonyl (C=O) groups is 2. The van der Waals surface area contributed by atoms with Crippen molar-refractivity contribution in [1.82, 2.24) is 5.32 Å². The van der Waals surface area contributed by atoms with Crippen LogP contribution in [0.25, 0.3) is 6.08 Å². The second-order valence-electron chi connectivity index (χ2n) is 6.04. The molecule has 27 heavy (non-hydrogen) atoms. The molecule has 0 bridgehead atoms. The molecule has 3 rings (SSSR count). The molecule has 1 saturated heterocycles. The summed E-state index contributed by atoms with van der Waals surface area (Å²) in [7, 11) is 0. The smallest absolute Gasteiger partial charge is 0.335 e. The second kappa shape index (κ2) is 8.09. The van der Waals surface area contributed by atoms with Crippen LogP contribution < -0.4 is 10.1 Å². The highest BCUT2D eigenvalue weighted by atomic mass is 32.2. The molecule has 2 aromatic rings. The van der Waals surface area contributed by atoms with Crippen LogP contribution in [-0.2, 0) is 4.79 Å². The van der Waals surface area contributed by atoms with Crippen LogP contribution >= 0.6 is 11.8 Å². The standard InChI is InChI=1S/C20H18N2O4S/c1-12(2)26-16-6-4-3-5-14(16)11-17-18(23)22-20(27-17)21-15-9-7-13(8-10-15)19(24)25/h3-12H,1-2H3,(H,24,25)(H,21,22,23). The zero-order chi connectivity index (χ0) is 19.4. The molecule has 1 aliphatic heterocycles. The van der Waals surface area contributed by atoms with E-state index in [4.69, 9.17) is 9.84 Å². The van der Waals surface area contributed by atoms with Gasteiger partial charge in [-0.2, -0.15) is 0 Å². The predicted molar refractivity (Wildman–Crippen MR) is 106 cm³/mol. The molecule has 0 unspecified atom stereocenters. The maximum absolute atomic E-state index is 12.3. The van der Waals surface area contributed by atoms with Gasteiger partial charge >= 0.3 is 5.97 Å². The summed E-state index contributed by atoms with van der Waals surface area (Å²) in [6.45, 7) is 3.89. The largest absolute Gasteiger partial charge is 0.490 e. The molecule has 1 amide bonds. The molecule has 0 aliphatic carbocycles. The zero-order valence-electron chi connectivity index (χ0n) is 14.8. The molecule has 0 radical (unpaired) electrons. The Balaban J connectivity index is 1.81. The number of nitrogens with zero attached hydrogens (tertiary/aromatic N) is 1. The fourth-order valence-electron chi connectivity index (χ4n) is 2.38. The maximum Gasteiger partial charge on any atom is 0.335 e. The SMILES string of the molecule is CC(C)Oc1ccccc1C=C1SC(=Nc2ccc(C(=O)O)cc2)NC1=O. The van der Waals surface area contributed by atoms with Crippen LogP contribution in [-0.4, -0.2) is 28.3 Å². The highest BCUT2D eigenvalue weighted by Crippen LogP contribution is 2.31. The lowest BCUT2D eigenvalue weighted by atomic mass is 10.2. The molecule has 7 heteroatoms. The Bertz CT molecular complexity index is 933. The van der Waals surface area contributed by atoms with Gasteiger partial charge in [0.25, 0.3) is 5.91 Å². The first-order valence-electron chi connectivity index (χ1n) is 8.31. The van der Waals surface area contributed by atoms with Crippen LogP contribution in [0.15, 0.2) is 58.4 Å². The number of hydrogen-bond acceptors (Lipinski definition) is 5. The number of amides is 1. The number of carbonyl (C=O) groups excluding carboxylic acids is 1. The summed E-state index contributed by atoms with van der Waals surface area (Å²) in [6, 6.07) is 13.7.